The number of nitriles is 1. The van der Waals surface area contributed by atoms with Crippen LogP contribution in [0.2, 0.25) is 0 Å². The van der Waals surface area contributed by atoms with Gasteiger partial charge in [-0.3, -0.25) is 9.88 Å². The average Bonchev–Trinajstić information content (AvgIpc) is 2.92. The van der Waals surface area contributed by atoms with Crippen LogP contribution in [0.15, 0.2) is 48.8 Å². The maximum absolute atomic E-state index is 9.55. The van der Waals surface area contributed by atoms with Gasteiger partial charge in [-0.25, -0.2) is 4.98 Å². The number of fused-ring (bicyclic) bond motifs is 2. The zero-order valence-electron chi connectivity index (χ0n) is 20.3. The Labute approximate surface area is 206 Å². The molecule has 0 bridgehead atoms. The quantitative estimate of drug-likeness (QED) is 0.628. The van der Waals surface area contributed by atoms with Crippen LogP contribution in [-0.2, 0) is 0 Å². The molecule has 3 fully saturated rings. The number of pyridine rings is 2. The third-order valence-electron chi connectivity index (χ3n) is 7.75. The highest BCUT2D eigenvalue weighted by molar-refractivity contribution is 5.95. The Morgan fingerprint density at radius 3 is 2.63 bits per heavy atom. The van der Waals surface area contributed by atoms with Crippen molar-refractivity contribution in [2.75, 3.05) is 73.6 Å². The van der Waals surface area contributed by atoms with Gasteiger partial charge in [0.2, 0.25) is 0 Å². The van der Waals surface area contributed by atoms with Gasteiger partial charge in [0.25, 0.3) is 0 Å². The fourth-order valence-corrected chi connectivity index (χ4v) is 5.99. The van der Waals surface area contributed by atoms with Gasteiger partial charge in [-0.15, -0.1) is 0 Å². The van der Waals surface area contributed by atoms with Crippen LogP contribution in [-0.4, -0.2) is 85.9 Å². The van der Waals surface area contributed by atoms with Gasteiger partial charge in [-0.2, -0.15) is 5.26 Å². The normalized spacial score (nSPS) is 23.3. The number of rotatable bonds is 3. The molecule has 0 amide bonds. The maximum atomic E-state index is 9.55. The molecule has 0 radical (unpaired) electrons. The Balaban J connectivity index is 1.24. The minimum atomic E-state index is 0.416. The lowest BCUT2D eigenvalue weighted by atomic mass is 10.0. The number of nitrogens with one attached hydrogen (secondary N) is 1. The molecule has 1 N–H and O–H groups in total. The minimum Gasteiger partial charge on any atom is -0.369 e. The van der Waals surface area contributed by atoms with Gasteiger partial charge >= 0.3 is 0 Å². The molecule has 3 aliphatic rings. The van der Waals surface area contributed by atoms with E-state index >= 15 is 0 Å². The first kappa shape index (κ1) is 22.1. The Morgan fingerprint density at radius 2 is 1.77 bits per heavy atom. The first-order chi connectivity index (χ1) is 17.2. The Kier molecular flexibility index (Phi) is 5.88. The summed E-state index contributed by atoms with van der Waals surface area (Å²) in [7, 11) is 0. The molecular weight excluding hydrogens is 436 g/mol. The molecule has 3 saturated heterocycles. The van der Waals surface area contributed by atoms with Crippen LogP contribution in [0.3, 0.4) is 0 Å². The van der Waals surface area contributed by atoms with Crippen molar-refractivity contribution >= 4 is 28.1 Å². The first-order valence-electron chi connectivity index (χ1n) is 12.7. The second-order valence-electron chi connectivity index (χ2n) is 9.84. The second-order valence-corrected chi connectivity index (χ2v) is 9.84. The van der Waals surface area contributed by atoms with Gasteiger partial charge < -0.3 is 20.0 Å². The third kappa shape index (κ3) is 4.15. The molecule has 2 atom stereocenters. The van der Waals surface area contributed by atoms with E-state index in [9.17, 15) is 5.26 Å². The molecule has 1 aromatic carbocycles. The molecule has 180 valence electrons. The molecule has 0 saturated carbocycles. The summed E-state index contributed by atoms with van der Waals surface area (Å²) >= 11 is 0. The van der Waals surface area contributed by atoms with Gasteiger partial charge in [-0.05, 0) is 37.3 Å². The van der Waals surface area contributed by atoms with Crippen molar-refractivity contribution in [3.8, 4) is 6.07 Å². The highest BCUT2D eigenvalue weighted by atomic mass is 15.4. The summed E-state index contributed by atoms with van der Waals surface area (Å²) in [5, 5.41) is 14.0. The van der Waals surface area contributed by atoms with E-state index in [0.29, 0.717) is 17.6 Å². The molecule has 35 heavy (non-hydrogen) atoms. The molecule has 2 aromatic heterocycles. The monoisotopic (exact) mass is 468 g/mol. The fraction of sp³-hybridized carbons (Fsp3) is 0.444. The Bertz CT molecular complexity index is 1250. The number of nitrogens with zero attached hydrogens (tertiary/aromatic N) is 7. The van der Waals surface area contributed by atoms with Crippen molar-refractivity contribution in [3.05, 3.63) is 54.4 Å². The first-order valence-corrected chi connectivity index (χ1v) is 12.7. The predicted octanol–water partition coefficient (Wildman–Crippen LogP) is 2.31. The third-order valence-corrected chi connectivity index (χ3v) is 7.75. The van der Waals surface area contributed by atoms with E-state index in [0.717, 1.165) is 75.6 Å². The lowest BCUT2D eigenvalue weighted by Crippen LogP contribution is -2.65. The summed E-state index contributed by atoms with van der Waals surface area (Å²) in [4.78, 5) is 19.4. The SMILES string of the molecule is C[C@@H]1CN(c2ccc(C#N)c3ncccc23)C[C@@H]2CN(c3cc(N4CCNCC4)ccn3)CCN21. The van der Waals surface area contributed by atoms with Crippen molar-refractivity contribution in [2.45, 2.75) is 19.0 Å². The van der Waals surface area contributed by atoms with E-state index < -0.39 is 0 Å². The van der Waals surface area contributed by atoms with Gasteiger partial charge in [0, 0.05) is 106 Å². The van der Waals surface area contributed by atoms with Gasteiger partial charge in [-0.1, -0.05) is 0 Å². The number of piperazine rings is 3. The van der Waals surface area contributed by atoms with Crippen LogP contribution in [0.4, 0.5) is 17.2 Å². The number of benzene rings is 1. The molecule has 0 aliphatic carbocycles. The lowest BCUT2D eigenvalue weighted by molar-refractivity contribution is 0.108. The molecule has 0 spiro atoms. The van der Waals surface area contributed by atoms with E-state index in [2.05, 4.69) is 67.2 Å². The summed E-state index contributed by atoms with van der Waals surface area (Å²) in [6.45, 7) is 11.4. The molecule has 3 aromatic rings. The Hall–Kier alpha value is -3.41. The zero-order valence-corrected chi connectivity index (χ0v) is 20.3. The molecule has 5 heterocycles. The van der Waals surface area contributed by atoms with Gasteiger partial charge in [0.1, 0.15) is 11.9 Å². The zero-order chi connectivity index (χ0) is 23.8. The van der Waals surface area contributed by atoms with Crippen LogP contribution in [0.1, 0.15) is 12.5 Å². The topological polar surface area (TPSA) is 74.6 Å². The van der Waals surface area contributed by atoms with E-state index in [-0.39, 0.29) is 0 Å². The summed E-state index contributed by atoms with van der Waals surface area (Å²) < 4.78 is 0. The molecule has 0 unspecified atom stereocenters. The van der Waals surface area contributed by atoms with Crippen LogP contribution in [0.5, 0.6) is 0 Å². The van der Waals surface area contributed by atoms with E-state index in [1.54, 1.807) is 6.20 Å². The highest BCUT2D eigenvalue weighted by Crippen LogP contribution is 2.32. The predicted molar refractivity (Wildman–Crippen MR) is 140 cm³/mol. The molecule has 6 rings (SSSR count). The van der Waals surface area contributed by atoms with E-state index in [4.69, 9.17) is 4.98 Å². The highest BCUT2D eigenvalue weighted by Gasteiger charge is 2.37. The molecule has 8 nitrogen and oxygen atoms in total. The van der Waals surface area contributed by atoms with Crippen LogP contribution >= 0.6 is 0 Å². The van der Waals surface area contributed by atoms with Crippen molar-refractivity contribution in [3.63, 3.8) is 0 Å². The second kappa shape index (κ2) is 9.33. The maximum Gasteiger partial charge on any atom is 0.130 e. The number of hydrogen-bond donors (Lipinski definition) is 1. The standard InChI is InChI=1S/C27H32N8/c1-20-17-34(25-5-4-21(16-28)27-24(25)3-2-7-31-27)19-23-18-33(13-14-35(20)23)26-15-22(6-8-30-26)32-11-9-29-10-12-32/h2-8,15,20,23,29H,9-14,17-19H2,1H3/t20-,23+/m1/s1. The Morgan fingerprint density at radius 1 is 0.914 bits per heavy atom. The van der Waals surface area contributed by atoms with E-state index in [1.165, 1.54) is 11.4 Å². The molecule has 3 aliphatic heterocycles. The lowest BCUT2D eigenvalue weighted by Gasteiger charge is -2.51. The summed E-state index contributed by atoms with van der Waals surface area (Å²) in [5.74, 6) is 1.08. The summed E-state index contributed by atoms with van der Waals surface area (Å²) in [5.41, 5.74) is 3.88. The fourth-order valence-electron chi connectivity index (χ4n) is 5.99. The summed E-state index contributed by atoms with van der Waals surface area (Å²) in [6.07, 6.45) is 3.73. The minimum absolute atomic E-state index is 0.416. The summed E-state index contributed by atoms with van der Waals surface area (Å²) in [6, 6.07) is 15.7. The van der Waals surface area contributed by atoms with Crippen molar-refractivity contribution < 1.29 is 0 Å². The van der Waals surface area contributed by atoms with Crippen LogP contribution in [0.25, 0.3) is 10.9 Å². The molecule has 8 heteroatoms. The van der Waals surface area contributed by atoms with Crippen LogP contribution in [0, 0.1) is 11.3 Å². The number of hydrogen-bond acceptors (Lipinski definition) is 8. The van der Waals surface area contributed by atoms with Crippen LogP contribution < -0.4 is 20.0 Å². The average molecular weight is 469 g/mol. The van der Waals surface area contributed by atoms with Crippen molar-refractivity contribution in [1.29, 1.82) is 5.26 Å². The largest absolute Gasteiger partial charge is 0.369 e. The van der Waals surface area contributed by atoms with Crippen molar-refractivity contribution in [1.82, 2.24) is 20.2 Å². The van der Waals surface area contributed by atoms with Gasteiger partial charge in [0.05, 0.1) is 11.1 Å². The van der Waals surface area contributed by atoms with E-state index in [1.807, 2.05) is 18.3 Å². The van der Waals surface area contributed by atoms with Gasteiger partial charge in [0.15, 0.2) is 0 Å². The molecular formula is C27H32N8. The number of aromatic nitrogens is 2. The van der Waals surface area contributed by atoms with Crippen molar-refractivity contribution in [2.24, 2.45) is 0 Å². The smallest absolute Gasteiger partial charge is 0.130 e. The number of anilines is 3.